The van der Waals surface area contributed by atoms with E-state index in [4.69, 9.17) is 16.3 Å². The standard InChI is InChI=1S/C16H17ClF3N7O/c1-3-10-11-12(27(26-10)6-7-28-8-16(18,19)20)13(24-14(17)23-11)25-15-21-5-4-9(2)22-15/h4-5H,3,6-8H2,1-2H3,(H,21,22,23,24,25). The lowest BCUT2D eigenvalue weighted by Gasteiger charge is -2.10. The van der Waals surface area contributed by atoms with Gasteiger partial charge in [0.1, 0.15) is 17.6 Å². The van der Waals surface area contributed by atoms with E-state index in [-0.39, 0.29) is 18.4 Å². The fourth-order valence-corrected chi connectivity index (χ4v) is 2.73. The van der Waals surface area contributed by atoms with Crippen molar-refractivity contribution in [2.75, 3.05) is 18.5 Å². The Balaban J connectivity index is 1.94. The van der Waals surface area contributed by atoms with Crippen molar-refractivity contribution in [3.8, 4) is 0 Å². The summed E-state index contributed by atoms with van der Waals surface area (Å²) in [6, 6.07) is 1.74. The number of anilines is 2. The summed E-state index contributed by atoms with van der Waals surface area (Å²) in [4.78, 5) is 16.8. The molecule has 0 bridgehead atoms. The summed E-state index contributed by atoms with van der Waals surface area (Å²) in [7, 11) is 0. The first-order valence-electron chi connectivity index (χ1n) is 8.41. The SMILES string of the molecule is CCc1nn(CCOCC(F)(F)F)c2c(Nc3nccc(C)n3)nc(Cl)nc12. The van der Waals surface area contributed by atoms with Crippen LogP contribution in [0, 0.1) is 6.92 Å². The maximum absolute atomic E-state index is 12.3. The molecule has 1 N–H and O–H groups in total. The number of aromatic nitrogens is 6. The summed E-state index contributed by atoms with van der Waals surface area (Å²) in [5, 5.41) is 7.40. The average molecular weight is 416 g/mol. The molecule has 8 nitrogen and oxygen atoms in total. The van der Waals surface area contributed by atoms with Gasteiger partial charge in [0.2, 0.25) is 11.2 Å². The summed E-state index contributed by atoms with van der Waals surface area (Å²) >= 11 is 6.05. The summed E-state index contributed by atoms with van der Waals surface area (Å²) in [6.07, 6.45) is -2.24. The summed E-state index contributed by atoms with van der Waals surface area (Å²) in [5.41, 5.74) is 2.39. The highest BCUT2D eigenvalue weighted by atomic mass is 35.5. The minimum Gasteiger partial charge on any atom is -0.370 e. The lowest BCUT2D eigenvalue weighted by molar-refractivity contribution is -0.174. The van der Waals surface area contributed by atoms with Crippen LogP contribution in [0.5, 0.6) is 0 Å². The van der Waals surface area contributed by atoms with Crippen LogP contribution in [0.3, 0.4) is 0 Å². The second kappa shape index (κ2) is 8.23. The Morgan fingerprint density at radius 2 is 2.04 bits per heavy atom. The lowest BCUT2D eigenvalue weighted by atomic mass is 10.3. The molecule has 0 aliphatic heterocycles. The minimum absolute atomic E-state index is 0.00484. The number of nitrogens with zero attached hydrogens (tertiary/aromatic N) is 6. The highest BCUT2D eigenvalue weighted by Gasteiger charge is 2.27. The van der Waals surface area contributed by atoms with Crippen LogP contribution in [0.15, 0.2) is 12.3 Å². The van der Waals surface area contributed by atoms with Crippen LogP contribution >= 0.6 is 11.6 Å². The molecule has 0 aliphatic carbocycles. The maximum Gasteiger partial charge on any atom is 0.411 e. The molecule has 0 aromatic carbocycles. The van der Waals surface area contributed by atoms with Crippen molar-refractivity contribution < 1.29 is 17.9 Å². The molecule has 0 saturated carbocycles. The molecule has 0 spiro atoms. The van der Waals surface area contributed by atoms with E-state index in [0.29, 0.717) is 34.9 Å². The predicted molar refractivity (Wildman–Crippen MR) is 96.6 cm³/mol. The van der Waals surface area contributed by atoms with E-state index in [1.807, 2.05) is 13.8 Å². The number of hydrogen-bond donors (Lipinski definition) is 1. The second-order valence-electron chi connectivity index (χ2n) is 5.88. The number of hydrogen-bond acceptors (Lipinski definition) is 7. The quantitative estimate of drug-likeness (QED) is 0.466. The van der Waals surface area contributed by atoms with Crippen LogP contribution in [0.4, 0.5) is 24.9 Å². The van der Waals surface area contributed by atoms with Crippen LogP contribution in [-0.2, 0) is 17.7 Å². The molecule has 3 aromatic rings. The van der Waals surface area contributed by atoms with Gasteiger partial charge in [0.15, 0.2) is 5.82 Å². The first-order chi connectivity index (χ1) is 13.3. The van der Waals surface area contributed by atoms with Gasteiger partial charge in [-0.1, -0.05) is 6.92 Å². The topological polar surface area (TPSA) is 90.6 Å². The van der Waals surface area contributed by atoms with Crippen molar-refractivity contribution in [1.82, 2.24) is 29.7 Å². The summed E-state index contributed by atoms with van der Waals surface area (Å²) in [5.74, 6) is 0.610. The van der Waals surface area contributed by atoms with Crippen molar-refractivity contribution in [1.29, 1.82) is 0 Å². The Bertz CT molecular complexity index is 977. The van der Waals surface area contributed by atoms with Crippen molar-refractivity contribution in [3.63, 3.8) is 0 Å². The van der Waals surface area contributed by atoms with Gasteiger partial charge in [0.25, 0.3) is 0 Å². The molecule has 3 rings (SSSR count). The predicted octanol–water partition coefficient (Wildman–Crippen LogP) is 3.46. The van der Waals surface area contributed by atoms with Gasteiger partial charge in [0, 0.05) is 11.9 Å². The van der Waals surface area contributed by atoms with Gasteiger partial charge in [-0.05, 0) is 31.0 Å². The first-order valence-corrected chi connectivity index (χ1v) is 8.78. The molecule has 0 fully saturated rings. The number of rotatable bonds is 7. The highest BCUT2D eigenvalue weighted by Crippen LogP contribution is 2.27. The third-order valence-corrected chi connectivity index (χ3v) is 3.87. The van der Waals surface area contributed by atoms with Crippen molar-refractivity contribution in [2.45, 2.75) is 33.0 Å². The highest BCUT2D eigenvalue weighted by molar-refractivity contribution is 6.28. The number of alkyl halides is 3. The normalized spacial score (nSPS) is 11.9. The smallest absolute Gasteiger partial charge is 0.370 e. The molecule has 0 radical (unpaired) electrons. The Morgan fingerprint density at radius 1 is 1.25 bits per heavy atom. The molecule has 0 amide bonds. The van der Waals surface area contributed by atoms with Gasteiger partial charge in [-0.15, -0.1) is 0 Å². The molecule has 0 atom stereocenters. The fraction of sp³-hybridized carbons (Fsp3) is 0.438. The Hall–Kier alpha value is -2.53. The average Bonchev–Trinajstić information content (AvgIpc) is 2.95. The van der Waals surface area contributed by atoms with E-state index < -0.39 is 12.8 Å². The molecule has 3 aromatic heterocycles. The van der Waals surface area contributed by atoms with Gasteiger partial charge in [0.05, 0.1) is 18.8 Å². The van der Waals surface area contributed by atoms with E-state index in [2.05, 4.69) is 30.4 Å². The first kappa shape index (κ1) is 20.2. The van der Waals surface area contributed by atoms with Gasteiger partial charge >= 0.3 is 6.18 Å². The number of aryl methyl sites for hydroxylation is 2. The Labute approximate surface area is 163 Å². The molecular formula is C16H17ClF3N7O. The Morgan fingerprint density at radius 3 is 2.71 bits per heavy atom. The van der Waals surface area contributed by atoms with Gasteiger partial charge in [-0.2, -0.15) is 23.3 Å². The van der Waals surface area contributed by atoms with Gasteiger partial charge in [-0.3, -0.25) is 4.68 Å². The van der Waals surface area contributed by atoms with E-state index >= 15 is 0 Å². The van der Waals surface area contributed by atoms with Crippen LogP contribution < -0.4 is 5.32 Å². The molecular weight excluding hydrogens is 399 g/mol. The van der Waals surface area contributed by atoms with Crippen LogP contribution in [0.2, 0.25) is 5.28 Å². The van der Waals surface area contributed by atoms with Crippen LogP contribution in [-0.4, -0.2) is 49.1 Å². The largest absolute Gasteiger partial charge is 0.411 e. The second-order valence-corrected chi connectivity index (χ2v) is 6.21. The van der Waals surface area contributed by atoms with E-state index in [1.165, 1.54) is 4.68 Å². The maximum atomic E-state index is 12.3. The van der Waals surface area contributed by atoms with Crippen molar-refractivity contribution in [2.24, 2.45) is 0 Å². The summed E-state index contributed by atoms with van der Waals surface area (Å²) in [6.45, 7) is 2.28. The van der Waals surface area contributed by atoms with Crippen molar-refractivity contribution in [3.05, 3.63) is 28.9 Å². The number of nitrogens with one attached hydrogen (secondary N) is 1. The van der Waals surface area contributed by atoms with Crippen LogP contribution in [0.25, 0.3) is 11.0 Å². The minimum atomic E-state index is -4.38. The Kier molecular flexibility index (Phi) is 5.94. The number of fused-ring (bicyclic) bond motifs is 1. The monoisotopic (exact) mass is 415 g/mol. The van der Waals surface area contributed by atoms with Crippen molar-refractivity contribution >= 4 is 34.4 Å². The zero-order valence-electron chi connectivity index (χ0n) is 15.1. The van der Waals surface area contributed by atoms with E-state index in [1.54, 1.807) is 12.3 Å². The molecule has 0 saturated heterocycles. The number of halogens is 4. The third kappa shape index (κ3) is 4.84. The third-order valence-electron chi connectivity index (χ3n) is 3.70. The molecule has 150 valence electrons. The lowest BCUT2D eigenvalue weighted by Crippen LogP contribution is -2.19. The zero-order chi connectivity index (χ0) is 20.3. The summed E-state index contributed by atoms with van der Waals surface area (Å²) < 4.78 is 43.0. The van der Waals surface area contributed by atoms with E-state index in [0.717, 1.165) is 5.69 Å². The molecule has 3 heterocycles. The van der Waals surface area contributed by atoms with Gasteiger partial charge < -0.3 is 10.1 Å². The molecule has 0 aliphatic rings. The van der Waals surface area contributed by atoms with E-state index in [9.17, 15) is 13.2 Å². The number of ether oxygens (including phenoxy) is 1. The molecule has 12 heteroatoms. The molecule has 0 unspecified atom stereocenters. The zero-order valence-corrected chi connectivity index (χ0v) is 15.8. The van der Waals surface area contributed by atoms with Gasteiger partial charge in [-0.25, -0.2) is 15.0 Å². The van der Waals surface area contributed by atoms with Crippen LogP contribution in [0.1, 0.15) is 18.3 Å². The molecule has 28 heavy (non-hydrogen) atoms. The fourth-order valence-electron chi connectivity index (χ4n) is 2.56.